The molecule has 8 nitrogen and oxygen atoms in total. The van der Waals surface area contributed by atoms with Crippen LogP contribution in [0, 0.1) is 23.7 Å². The van der Waals surface area contributed by atoms with Gasteiger partial charge >= 0.3 is 0 Å². The van der Waals surface area contributed by atoms with Crippen LogP contribution in [-0.2, 0) is 19.5 Å². The zero-order valence-corrected chi connectivity index (χ0v) is 22.7. The van der Waals surface area contributed by atoms with Gasteiger partial charge in [0.1, 0.15) is 6.07 Å². The van der Waals surface area contributed by atoms with E-state index >= 15 is 0 Å². The Morgan fingerprint density at radius 3 is 2.33 bits per heavy atom. The maximum atomic E-state index is 12.9. The van der Waals surface area contributed by atoms with Gasteiger partial charge in [-0.05, 0) is 61.2 Å². The van der Waals surface area contributed by atoms with Gasteiger partial charge in [-0.25, -0.2) is 4.68 Å². The van der Waals surface area contributed by atoms with Crippen molar-refractivity contribution in [2.24, 2.45) is 5.41 Å². The van der Waals surface area contributed by atoms with Crippen molar-refractivity contribution < 1.29 is 4.79 Å². The van der Waals surface area contributed by atoms with E-state index in [1.165, 1.54) is 0 Å². The summed E-state index contributed by atoms with van der Waals surface area (Å²) in [4.78, 5) is 24.1. The first-order valence-corrected chi connectivity index (χ1v) is 13.3. The molecule has 0 saturated heterocycles. The first-order chi connectivity index (χ1) is 18.8. The zero-order chi connectivity index (χ0) is 27.4. The average Bonchev–Trinajstić information content (AvgIpc) is 3.24. The molecule has 0 atom stereocenters. The fourth-order valence-corrected chi connectivity index (χ4v) is 5.25. The number of hydrogen-bond donors (Lipinski definition) is 1. The highest BCUT2D eigenvalue weighted by Crippen LogP contribution is 2.36. The number of anilines is 1. The summed E-state index contributed by atoms with van der Waals surface area (Å²) in [6.07, 6.45) is 4.91. The highest BCUT2D eigenvalue weighted by molar-refractivity contribution is 5.99. The van der Waals surface area contributed by atoms with Crippen molar-refractivity contribution in [1.29, 1.82) is 5.26 Å². The lowest BCUT2D eigenvalue weighted by Crippen LogP contribution is -2.29. The molecule has 0 fully saturated rings. The van der Waals surface area contributed by atoms with E-state index in [2.05, 4.69) is 40.1 Å². The van der Waals surface area contributed by atoms with Crippen LogP contribution < -0.4 is 5.32 Å². The van der Waals surface area contributed by atoms with Gasteiger partial charge in [0.15, 0.2) is 5.78 Å². The maximum Gasteiger partial charge on any atom is 0.167 e. The Hall–Kier alpha value is -4.35. The molecule has 5 rings (SSSR count). The topological polar surface area (TPSA) is 99.7 Å². The van der Waals surface area contributed by atoms with Crippen LogP contribution in [0.15, 0.2) is 67.0 Å². The number of fused-ring (bicyclic) bond motifs is 1. The van der Waals surface area contributed by atoms with Crippen LogP contribution >= 0.6 is 0 Å². The van der Waals surface area contributed by atoms with Gasteiger partial charge in [0.25, 0.3) is 0 Å². The smallest absolute Gasteiger partial charge is 0.167 e. The van der Waals surface area contributed by atoms with E-state index in [-0.39, 0.29) is 11.2 Å². The predicted molar refractivity (Wildman–Crippen MR) is 151 cm³/mol. The molecule has 0 amide bonds. The summed E-state index contributed by atoms with van der Waals surface area (Å²) < 4.78 is 1.84. The number of ketones is 1. The molecule has 8 heteroatoms. The molecule has 3 aromatic heterocycles. The van der Waals surface area contributed by atoms with Gasteiger partial charge in [-0.15, -0.1) is 0 Å². The van der Waals surface area contributed by atoms with Crippen molar-refractivity contribution in [3.05, 3.63) is 101 Å². The Morgan fingerprint density at radius 1 is 1.03 bits per heavy atom. The van der Waals surface area contributed by atoms with Crippen LogP contribution in [0.5, 0.6) is 0 Å². The normalized spacial score (nSPS) is 14.2. The molecule has 0 saturated carbocycles. The number of pyridine rings is 2. The van der Waals surface area contributed by atoms with Crippen molar-refractivity contribution in [3.63, 3.8) is 0 Å². The average molecular weight is 520 g/mol. The number of carbonyl (C=O) groups is 1. The third-order valence-corrected chi connectivity index (χ3v) is 7.09. The van der Waals surface area contributed by atoms with Crippen LogP contribution in [0.25, 0.3) is 5.69 Å². The molecule has 1 aromatic carbocycles. The molecule has 4 aromatic rings. The van der Waals surface area contributed by atoms with Gasteiger partial charge in [0.2, 0.25) is 0 Å². The lowest BCUT2D eigenvalue weighted by Gasteiger charge is -2.27. The van der Waals surface area contributed by atoms with Crippen LogP contribution in [0.2, 0.25) is 0 Å². The van der Waals surface area contributed by atoms with Crippen LogP contribution in [0.4, 0.5) is 5.69 Å². The van der Waals surface area contributed by atoms with Gasteiger partial charge in [-0.3, -0.25) is 19.7 Å². The maximum absolute atomic E-state index is 12.9. The summed E-state index contributed by atoms with van der Waals surface area (Å²) in [7, 11) is 0. The van der Waals surface area contributed by atoms with Crippen molar-refractivity contribution in [2.45, 2.75) is 46.7 Å². The summed E-state index contributed by atoms with van der Waals surface area (Å²) in [5, 5.41) is 18.1. The number of carbonyl (C=O) groups excluding carboxylic acids is 1. The summed E-state index contributed by atoms with van der Waals surface area (Å²) in [6.45, 7) is 8.88. The third-order valence-electron chi connectivity index (χ3n) is 7.09. The molecule has 39 heavy (non-hydrogen) atoms. The summed E-state index contributed by atoms with van der Waals surface area (Å²) in [5.41, 5.74) is 6.46. The Labute approximate surface area is 229 Å². The van der Waals surface area contributed by atoms with Crippen molar-refractivity contribution >= 4 is 11.5 Å². The van der Waals surface area contributed by atoms with E-state index < -0.39 is 0 Å². The second-order valence-corrected chi connectivity index (χ2v) is 10.9. The number of aromatic nitrogens is 4. The molecule has 1 aliphatic rings. The molecule has 0 bridgehead atoms. The number of hydrogen-bond acceptors (Lipinski definition) is 7. The fourth-order valence-electron chi connectivity index (χ4n) is 5.25. The summed E-state index contributed by atoms with van der Waals surface area (Å²) >= 11 is 0. The first-order valence-electron chi connectivity index (χ1n) is 13.3. The minimum Gasteiger partial charge on any atom is -0.383 e. The van der Waals surface area contributed by atoms with Gasteiger partial charge in [0.05, 0.1) is 45.3 Å². The molecular formula is C31H33N7O. The Kier molecular flexibility index (Phi) is 7.53. The van der Waals surface area contributed by atoms with Gasteiger partial charge in [-0.1, -0.05) is 26.0 Å². The molecule has 0 aliphatic heterocycles. The highest BCUT2D eigenvalue weighted by atomic mass is 16.1. The molecule has 0 unspecified atom stereocenters. The van der Waals surface area contributed by atoms with E-state index in [0.717, 1.165) is 52.7 Å². The first kappa shape index (κ1) is 26.3. The number of nitrogens with one attached hydrogen (secondary N) is 1. The van der Waals surface area contributed by atoms with Crippen molar-refractivity contribution in [1.82, 2.24) is 24.6 Å². The standard InChI is InChI=1S/C31H33N7O/c1-22-30-28(17-31(2,3)18-29(30)39)36-38(22)26-11-10-23(19-32)27(16-26)35-14-15-37(20-24-8-4-6-12-33-24)21-25-9-5-7-13-34-25/h4-13,16,35H,14-15,17-18,20-21H2,1-3H3. The Bertz CT molecular complexity index is 1460. The fraction of sp³-hybridized carbons (Fsp3) is 0.323. The predicted octanol–water partition coefficient (Wildman–Crippen LogP) is 5.11. The minimum atomic E-state index is -0.0937. The monoisotopic (exact) mass is 519 g/mol. The van der Waals surface area contributed by atoms with Crippen LogP contribution in [0.1, 0.15) is 59.0 Å². The van der Waals surface area contributed by atoms with Crippen LogP contribution in [0.3, 0.4) is 0 Å². The number of rotatable bonds is 9. The molecule has 0 spiro atoms. The zero-order valence-electron chi connectivity index (χ0n) is 22.7. The number of nitrogens with zero attached hydrogens (tertiary/aromatic N) is 6. The molecule has 3 heterocycles. The second-order valence-electron chi connectivity index (χ2n) is 10.9. The van der Waals surface area contributed by atoms with Gasteiger partial charge < -0.3 is 5.32 Å². The lowest BCUT2D eigenvalue weighted by atomic mass is 9.76. The molecule has 198 valence electrons. The quantitative estimate of drug-likeness (QED) is 0.328. The van der Waals surface area contributed by atoms with Crippen molar-refractivity contribution in [2.75, 3.05) is 18.4 Å². The van der Waals surface area contributed by atoms with E-state index in [1.807, 2.05) is 66.2 Å². The number of nitriles is 1. The molecule has 1 aliphatic carbocycles. The Balaban J connectivity index is 1.35. The van der Waals surface area contributed by atoms with Gasteiger partial charge in [-0.2, -0.15) is 10.4 Å². The van der Waals surface area contributed by atoms with E-state index in [0.29, 0.717) is 31.6 Å². The largest absolute Gasteiger partial charge is 0.383 e. The van der Waals surface area contributed by atoms with E-state index in [4.69, 9.17) is 5.10 Å². The van der Waals surface area contributed by atoms with E-state index in [9.17, 15) is 10.1 Å². The number of benzene rings is 1. The van der Waals surface area contributed by atoms with Crippen LogP contribution in [-0.4, -0.2) is 43.5 Å². The summed E-state index contributed by atoms with van der Waals surface area (Å²) in [5.74, 6) is 0.151. The Morgan fingerprint density at radius 2 is 1.72 bits per heavy atom. The van der Waals surface area contributed by atoms with Gasteiger partial charge in [0, 0.05) is 45.0 Å². The third kappa shape index (κ3) is 6.05. The highest BCUT2D eigenvalue weighted by Gasteiger charge is 2.35. The number of Topliss-reactive ketones (excluding diaryl/α,β-unsaturated/α-hetero) is 1. The summed E-state index contributed by atoms with van der Waals surface area (Å²) in [6, 6.07) is 19.8. The molecular weight excluding hydrogens is 486 g/mol. The minimum absolute atomic E-state index is 0.0937. The van der Waals surface area contributed by atoms with E-state index in [1.54, 1.807) is 12.4 Å². The molecule has 1 N–H and O–H groups in total. The molecule has 0 radical (unpaired) electrons. The lowest BCUT2D eigenvalue weighted by molar-refractivity contribution is 0.0911. The second kappa shape index (κ2) is 11.2. The van der Waals surface area contributed by atoms with Crippen molar-refractivity contribution in [3.8, 4) is 11.8 Å². The SMILES string of the molecule is Cc1c2c(nn1-c1ccc(C#N)c(NCCN(Cc3ccccn3)Cc3ccccn3)c1)CC(C)(C)CC2=O.